The van der Waals surface area contributed by atoms with Crippen LogP contribution in [0, 0.1) is 0 Å². The second-order valence-electron chi connectivity index (χ2n) is 5.94. The van der Waals surface area contributed by atoms with Gasteiger partial charge in [0.05, 0.1) is 5.60 Å². The Morgan fingerprint density at radius 3 is 2.80 bits per heavy atom. The van der Waals surface area contributed by atoms with Gasteiger partial charge in [0.15, 0.2) is 0 Å². The lowest BCUT2D eigenvalue weighted by molar-refractivity contribution is -0.116. The number of nitrogens with one attached hydrogen (secondary N) is 1. The molecule has 1 aromatic rings. The van der Waals surface area contributed by atoms with E-state index in [1.54, 1.807) is 0 Å². The number of carbonyl (C=O) groups excluding carboxylic acids is 1. The fourth-order valence-electron chi connectivity index (χ4n) is 3.02. The van der Waals surface area contributed by atoms with Crippen LogP contribution in [0.2, 0.25) is 0 Å². The van der Waals surface area contributed by atoms with Crippen molar-refractivity contribution in [1.82, 2.24) is 0 Å². The van der Waals surface area contributed by atoms with E-state index in [0.29, 0.717) is 13.0 Å². The van der Waals surface area contributed by atoms with E-state index >= 15 is 0 Å². The Bertz CT molecular complexity index is 506. The standard InChI is InChI=1S/C16H21NO3/c18-15-7-4-12-10-13(5-6-14(12)17-15)20-11-16(19)8-2-1-3-9-16/h5-6,10,19H,1-4,7-9,11H2,(H,17,18). The van der Waals surface area contributed by atoms with E-state index < -0.39 is 5.60 Å². The first kappa shape index (κ1) is 13.4. The summed E-state index contributed by atoms with van der Waals surface area (Å²) < 4.78 is 5.78. The summed E-state index contributed by atoms with van der Waals surface area (Å²) in [5.74, 6) is 0.849. The van der Waals surface area contributed by atoms with Gasteiger partial charge in [0.25, 0.3) is 0 Å². The third-order valence-corrected chi connectivity index (χ3v) is 4.26. The summed E-state index contributed by atoms with van der Waals surface area (Å²) >= 11 is 0. The van der Waals surface area contributed by atoms with E-state index in [2.05, 4.69) is 5.32 Å². The maximum Gasteiger partial charge on any atom is 0.224 e. The number of aliphatic hydroxyl groups is 1. The summed E-state index contributed by atoms with van der Waals surface area (Å²) in [4.78, 5) is 11.3. The highest BCUT2D eigenvalue weighted by Crippen LogP contribution is 2.30. The summed E-state index contributed by atoms with van der Waals surface area (Å²) in [5, 5.41) is 13.3. The van der Waals surface area contributed by atoms with E-state index in [-0.39, 0.29) is 5.91 Å². The molecule has 1 heterocycles. The lowest BCUT2D eigenvalue weighted by atomic mass is 9.85. The molecule has 2 aliphatic rings. The first-order valence-corrected chi connectivity index (χ1v) is 7.43. The molecule has 0 radical (unpaired) electrons. The maximum absolute atomic E-state index is 11.3. The zero-order chi connectivity index (χ0) is 14.0. The molecule has 0 saturated heterocycles. The minimum Gasteiger partial charge on any atom is -0.491 e. The number of benzene rings is 1. The zero-order valence-electron chi connectivity index (χ0n) is 11.7. The van der Waals surface area contributed by atoms with Gasteiger partial charge in [-0.2, -0.15) is 0 Å². The SMILES string of the molecule is O=C1CCc2cc(OCC3(O)CCCCC3)ccc2N1. The molecule has 1 aliphatic carbocycles. The van der Waals surface area contributed by atoms with Crippen LogP contribution in [0.3, 0.4) is 0 Å². The number of hydrogen-bond acceptors (Lipinski definition) is 3. The van der Waals surface area contributed by atoms with E-state index in [9.17, 15) is 9.90 Å². The molecular formula is C16H21NO3. The largest absolute Gasteiger partial charge is 0.491 e. The van der Waals surface area contributed by atoms with Gasteiger partial charge in [-0.05, 0) is 43.0 Å². The topological polar surface area (TPSA) is 58.6 Å². The van der Waals surface area contributed by atoms with Crippen LogP contribution in [0.1, 0.15) is 44.1 Å². The summed E-state index contributed by atoms with van der Waals surface area (Å²) in [6, 6.07) is 5.71. The number of ether oxygens (including phenoxy) is 1. The molecule has 0 bridgehead atoms. The number of hydrogen-bond donors (Lipinski definition) is 2. The van der Waals surface area contributed by atoms with Crippen LogP contribution in [0.5, 0.6) is 5.75 Å². The molecule has 0 atom stereocenters. The van der Waals surface area contributed by atoms with Crippen molar-refractivity contribution in [3.05, 3.63) is 23.8 Å². The minimum atomic E-state index is -0.664. The molecule has 1 fully saturated rings. The highest BCUT2D eigenvalue weighted by atomic mass is 16.5. The zero-order valence-corrected chi connectivity index (χ0v) is 11.7. The number of aryl methyl sites for hydroxylation is 1. The number of rotatable bonds is 3. The third-order valence-electron chi connectivity index (χ3n) is 4.26. The van der Waals surface area contributed by atoms with Crippen LogP contribution < -0.4 is 10.1 Å². The molecule has 0 aromatic heterocycles. The van der Waals surface area contributed by atoms with Crippen LogP contribution in [0.15, 0.2) is 18.2 Å². The molecule has 20 heavy (non-hydrogen) atoms. The molecule has 4 heteroatoms. The predicted molar refractivity (Wildman–Crippen MR) is 76.9 cm³/mol. The maximum atomic E-state index is 11.3. The third kappa shape index (κ3) is 2.96. The molecule has 1 saturated carbocycles. The Kier molecular flexibility index (Phi) is 3.66. The molecule has 0 unspecified atom stereocenters. The van der Waals surface area contributed by atoms with Crippen LogP contribution in [-0.4, -0.2) is 23.2 Å². The average molecular weight is 275 g/mol. The van der Waals surface area contributed by atoms with Gasteiger partial charge in [-0.15, -0.1) is 0 Å². The molecular weight excluding hydrogens is 254 g/mol. The smallest absolute Gasteiger partial charge is 0.224 e. The van der Waals surface area contributed by atoms with Crippen LogP contribution in [-0.2, 0) is 11.2 Å². The van der Waals surface area contributed by atoms with Crippen molar-refractivity contribution in [3.8, 4) is 5.75 Å². The predicted octanol–water partition coefficient (Wildman–Crippen LogP) is 2.65. The highest BCUT2D eigenvalue weighted by molar-refractivity contribution is 5.93. The average Bonchev–Trinajstić information content (AvgIpc) is 2.46. The van der Waals surface area contributed by atoms with Gasteiger partial charge in [0.2, 0.25) is 5.91 Å². The van der Waals surface area contributed by atoms with Crippen molar-refractivity contribution >= 4 is 11.6 Å². The Morgan fingerprint density at radius 2 is 2.00 bits per heavy atom. The molecule has 0 spiro atoms. The van der Waals surface area contributed by atoms with Gasteiger partial charge < -0.3 is 15.2 Å². The van der Waals surface area contributed by atoms with Crippen molar-refractivity contribution in [3.63, 3.8) is 0 Å². The summed E-state index contributed by atoms with van der Waals surface area (Å²) in [5.41, 5.74) is 1.32. The van der Waals surface area contributed by atoms with Gasteiger partial charge in [-0.25, -0.2) is 0 Å². The van der Waals surface area contributed by atoms with Crippen molar-refractivity contribution in [1.29, 1.82) is 0 Å². The fourth-order valence-corrected chi connectivity index (χ4v) is 3.02. The van der Waals surface area contributed by atoms with E-state index in [4.69, 9.17) is 4.74 Å². The van der Waals surface area contributed by atoms with E-state index in [0.717, 1.165) is 49.1 Å². The number of carbonyl (C=O) groups is 1. The molecule has 4 nitrogen and oxygen atoms in total. The first-order chi connectivity index (χ1) is 9.65. The van der Waals surface area contributed by atoms with Gasteiger partial charge >= 0.3 is 0 Å². The van der Waals surface area contributed by atoms with Crippen molar-refractivity contribution in [2.45, 2.75) is 50.5 Å². The molecule has 2 N–H and O–H groups in total. The van der Waals surface area contributed by atoms with Gasteiger partial charge in [-0.3, -0.25) is 4.79 Å². The normalized spacial score (nSPS) is 20.9. The Hall–Kier alpha value is -1.55. The lowest BCUT2D eigenvalue weighted by Gasteiger charge is -2.31. The van der Waals surface area contributed by atoms with E-state index in [1.807, 2.05) is 18.2 Å². The summed E-state index contributed by atoms with van der Waals surface area (Å²) in [6.07, 6.45) is 6.30. The quantitative estimate of drug-likeness (QED) is 0.891. The highest BCUT2D eigenvalue weighted by Gasteiger charge is 2.30. The van der Waals surface area contributed by atoms with Crippen molar-refractivity contribution in [2.24, 2.45) is 0 Å². The monoisotopic (exact) mass is 275 g/mol. The molecule has 1 amide bonds. The summed E-state index contributed by atoms with van der Waals surface area (Å²) in [6.45, 7) is 0.359. The molecule has 3 rings (SSSR count). The molecule has 108 valence electrons. The summed E-state index contributed by atoms with van der Waals surface area (Å²) in [7, 11) is 0. The molecule has 1 aliphatic heterocycles. The number of amides is 1. The lowest BCUT2D eigenvalue weighted by Crippen LogP contribution is -2.37. The first-order valence-electron chi connectivity index (χ1n) is 7.43. The van der Waals surface area contributed by atoms with Crippen LogP contribution >= 0.6 is 0 Å². The van der Waals surface area contributed by atoms with Gasteiger partial charge in [0, 0.05) is 12.1 Å². The Labute approximate surface area is 119 Å². The second-order valence-corrected chi connectivity index (χ2v) is 5.94. The van der Waals surface area contributed by atoms with Crippen LogP contribution in [0.25, 0.3) is 0 Å². The molecule has 1 aromatic carbocycles. The van der Waals surface area contributed by atoms with Crippen molar-refractivity contribution in [2.75, 3.05) is 11.9 Å². The van der Waals surface area contributed by atoms with Gasteiger partial charge in [0.1, 0.15) is 12.4 Å². The number of fused-ring (bicyclic) bond motifs is 1. The fraction of sp³-hybridized carbons (Fsp3) is 0.562. The number of anilines is 1. The second kappa shape index (κ2) is 5.44. The van der Waals surface area contributed by atoms with Gasteiger partial charge in [-0.1, -0.05) is 19.3 Å². The van der Waals surface area contributed by atoms with Crippen molar-refractivity contribution < 1.29 is 14.6 Å². The Balaban J connectivity index is 1.65. The van der Waals surface area contributed by atoms with E-state index in [1.165, 1.54) is 6.42 Å². The van der Waals surface area contributed by atoms with Crippen LogP contribution in [0.4, 0.5) is 5.69 Å². The minimum absolute atomic E-state index is 0.0719. The Morgan fingerprint density at radius 1 is 1.20 bits per heavy atom.